The molecule has 1 aromatic carbocycles. The van der Waals surface area contributed by atoms with Crippen LogP contribution in [0.15, 0.2) is 43.7 Å². The number of rotatable bonds is 6. The van der Waals surface area contributed by atoms with Gasteiger partial charge in [0, 0.05) is 11.6 Å². The van der Waals surface area contributed by atoms with Crippen LogP contribution < -0.4 is 4.74 Å². The molecule has 4 rings (SSSR count). The van der Waals surface area contributed by atoms with Gasteiger partial charge in [0.2, 0.25) is 16.9 Å². The highest BCUT2D eigenvalue weighted by Gasteiger charge is 2.20. The lowest BCUT2D eigenvalue weighted by Crippen LogP contribution is -2.00. The van der Waals surface area contributed by atoms with Gasteiger partial charge < -0.3 is 9.15 Å². The van der Waals surface area contributed by atoms with Crippen LogP contribution in [0.5, 0.6) is 5.88 Å². The Bertz CT molecular complexity index is 1090. The van der Waals surface area contributed by atoms with Crippen molar-refractivity contribution in [3.63, 3.8) is 0 Å². The number of halogens is 2. The lowest BCUT2D eigenvalue weighted by Gasteiger charge is -2.04. The van der Waals surface area contributed by atoms with Crippen molar-refractivity contribution >= 4 is 45.9 Å². The fourth-order valence-corrected chi connectivity index (χ4v) is 3.91. The van der Waals surface area contributed by atoms with Crippen molar-refractivity contribution in [2.24, 2.45) is 0 Å². The van der Waals surface area contributed by atoms with Crippen molar-refractivity contribution in [1.82, 2.24) is 19.9 Å². The minimum Gasteiger partial charge on any atom is -0.476 e. The number of oxazole rings is 1. The minimum atomic E-state index is -0.440. The highest BCUT2D eigenvalue weighted by molar-refractivity contribution is 8.00. The molecule has 0 unspecified atom stereocenters. The molecular weight excluding hydrogens is 411 g/mol. The lowest BCUT2D eigenvalue weighted by atomic mass is 10.2. The van der Waals surface area contributed by atoms with Crippen molar-refractivity contribution in [1.29, 1.82) is 0 Å². The highest BCUT2D eigenvalue weighted by atomic mass is 35.5. The van der Waals surface area contributed by atoms with Gasteiger partial charge in [-0.2, -0.15) is 9.97 Å². The third-order valence-corrected chi connectivity index (χ3v) is 5.47. The summed E-state index contributed by atoms with van der Waals surface area (Å²) in [6.45, 7) is 2.46. The quantitative estimate of drug-likeness (QED) is 0.381. The molecule has 0 amide bonds. The topological polar surface area (TPSA) is 73.9 Å². The molecule has 138 valence electrons. The Balaban J connectivity index is 1.81. The first-order valence-corrected chi connectivity index (χ1v) is 10.1. The Morgan fingerprint density at radius 2 is 2.19 bits per heavy atom. The van der Waals surface area contributed by atoms with E-state index in [0.717, 1.165) is 10.8 Å². The molecular formula is C17H12ClFN4O2S2. The molecule has 0 saturated heterocycles. The minimum absolute atomic E-state index is 0.154. The van der Waals surface area contributed by atoms with E-state index >= 15 is 0 Å². The van der Waals surface area contributed by atoms with Crippen LogP contribution in [0.4, 0.5) is 4.39 Å². The maximum absolute atomic E-state index is 13.6. The molecule has 0 aliphatic heterocycles. The number of hydrogen-bond acceptors (Lipinski definition) is 8. The van der Waals surface area contributed by atoms with E-state index < -0.39 is 5.82 Å². The van der Waals surface area contributed by atoms with Gasteiger partial charge in [0.05, 0.1) is 17.2 Å². The first kappa shape index (κ1) is 18.1. The molecule has 0 atom stereocenters. The largest absolute Gasteiger partial charge is 0.476 e. The van der Waals surface area contributed by atoms with Crippen LogP contribution in [-0.4, -0.2) is 26.5 Å². The van der Waals surface area contributed by atoms with E-state index in [0.29, 0.717) is 33.7 Å². The molecule has 0 saturated carbocycles. The molecule has 0 radical (unpaired) electrons. The number of aromatic nitrogens is 4. The SMILES string of the molecule is CCCOc1nc(Sc2nccs2)nc2oc(-c3cc(F)ccc3Cl)nc12. The summed E-state index contributed by atoms with van der Waals surface area (Å²) in [5, 5.41) is 2.62. The lowest BCUT2D eigenvalue weighted by molar-refractivity contribution is 0.305. The summed E-state index contributed by atoms with van der Waals surface area (Å²) in [6, 6.07) is 3.98. The molecule has 0 aliphatic carbocycles. The Hall–Kier alpha value is -2.23. The van der Waals surface area contributed by atoms with E-state index in [4.69, 9.17) is 20.8 Å². The Morgan fingerprint density at radius 1 is 1.30 bits per heavy atom. The smallest absolute Gasteiger partial charge is 0.255 e. The summed E-state index contributed by atoms with van der Waals surface area (Å²) in [7, 11) is 0. The average molecular weight is 423 g/mol. The van der Waals surface area contributed by atoms with Crippen LogP contribution in [0.3, 0.4) is 0 Å². The molecule has 0 N–H and O–H groups in total. The average Bonchev–Trinajstić information content (AvgIpc) is 3.31. The van der Waals surface area contributed by atoms with Crippen LogP contribution in [0.2, 0.25) is 5.02 Å². The second-order valence-corrected chi connectivity index (χ2v) is 7.87. The van der Waals surface area contributed by atoms with Gasteiger partial charge in [0.25, 0.3) is 5.71 Å². The molecule has 0 bridgehead atoms. The maximum atomic E-state index is 13.6. The fourth-order valence-electron chi connectivity index (χ4n) is 2.24. The summed E-state index contributed by atoms with van der Waals surface area (Å²) in [4.78, 5) is 17.4. The van der Waals surface area contributed by atoms with E-state index in [1.165, 1.54) is 41.3 Å². The Labute approximate surface area is 166 Å². The number of nitrogens with zero attached hydrogens (tertiary/aromatic N) is 4. The van der Waals surface area contributed by atoms with E-state index in [9.17, 15) is 4.39 Å². The molecule has 0 fully saturated rings. The first-order valence-electron chi connectivity index (χ1n) is 7.98. The maximum Gasteiger partial charge on any atom is 0.255 e. The second-order valence-electron chi connectivity index (χ2n) is 5.36. The predicted molar refractivity (Wildman–Crippen MR) is 102 cm³/mol. The Kier molecular flexibility index (Phi) is 5.24. The number of hydrogen-bond donors (Lipinski definition) is 0. The zero-order valence-electron chi connectivity index (χ0n) is 14.0. The monoisotopic (exact) mass is 422 g/mol. The van der Waals surface area contributed by atoms with E-state index in [1.54, 1.807) is 6.20 Å². The van der Waals surface area contributed by atoms with Crippen molar-refractivity contribution in [2.45, 2.75) is 22.8 Å². The number of ether oxygens (including phenoxy) is 1. The van der Waals surface area contributed by atoms with Crippen molar-refractivity contribution in [2.75, 3.05) is 6.61 Å². The number of thiazole rings is 1. The first-order chi connectivity index (χ1) is 13.1. The zero-order chi connectivity index (χ0) is 18.8. The van der Waals surface area contributed by atoms with E-state index in [2.05, 4.69) is 19.9 Å². The summed E-state index contributed by atoms with van der Waals surface area (Å²) in [5.74, 6) is 0.0233. The number of benzene rings is 1. The van der Waals surface area contributed by atoms with Crippen molar-refractivity contribution in [3.05, 3.63) is 40.6 Å². The van der Waals surface area contributed by atoms with Gasteiger partial charge in [0.1, 0.15) is 5.82 Å². The van der Waals surface area contributed by atoms with Crippen LogP contribution in [0, 0.1) is 5.82 Å². The predicted octanol–water partition coefficient (Wildman–Crippen LogP) is 5.47. The van der Waals surface area contributed by atoms with Gasteiger partial charge >= 0.3 is 0 Å². The van der Waals surface area contributed by atoms with E-state index in [1.807, 2.05) is 12.3 Å². The summed E-state index contributed by atoms with van der Waals surface area (Å²) >= 11 is 8.94. The van der Waals surface area contributed by atoms with Gasteiger partial charge in [-0.25, -0.2) is 14.4 Å². The van der Waals surface area contributed by atoms with Crippen LogP contribution >= 0.6 is 34.7 Å². The molecule has 10 heteroatoms. The third kappa shape index (κ3) is 3.90. The molecule has 4 aromatic rings. The summed E-state index contributed by atoms with van der Waals surface area (Å²) < 4.78 is 25.9. The van der Waals surface area contributed by atoms with Crippen LogP contribution in [0.1, 0.15) is 13.3 Å². The summed E-state index contributed by atoms with van der Waals surface area (Å²) in [5.41, 5.74) is 0.943. The van der Waals surface area contributed by atoms with Crippen LogP contribution in [-0.2, 0) is 0 Å². The molecule has 0 aliphatic rings. The molecule has 0 spiro atoms. The second kappa shape index (κ2) is 7.79. The van der Waals surface area contributed by atoms with Crippen molar-refractivity contribution in [3.8, 4) is 17.3 Å². The van der Waals surface area contributed by atoms with Gasteiger partial charge in [-0.1, -0.05) is 18.5 Å². The molecule has 6 nitrogen and oxygen atoms in total. The molecule has 27 heavy (non-hydrogen) atoms. The standard InChI is InChI=1S/C17H12ClFN4O2S2/c1-2-6-24-14-12-15(23-16(22-14)27-17-20-5-7-26-17)25-13(21-12)10-8-9(19)3-4-11(10)18/h3-5,7-8H,2,6H2,1H3. The van der Waals surface area contributed by atoms with Gasteiger partial charge in [-0.15, -0.1) is 11.3 Å². The number of fused-ring (bicyclic) bond motifs is 1. The van der Waals surface area contributed by atoms with Crippen LogP contribution in [0.25, 0.3) is 22.7 Å². The Morgan fingerprint density at radius 3 is 2.96 bits per heavy atom. The fraction of sp³-hybridized carbons (Fsp3) is 0.176. The third-order valence-electron chi connectivity index (χ3n) is 3.40. The van der Waals surface area contributed by atoms with Gasteiger partial charge in [0.15, 0.2) is 9.86 Å². The highest BCUT2D eigenvalue weighted by Crippen LogP contribution is 2.35. The van der Waals surface area contributed by atoms with Gasteiger partial charge in [-0.3, -0.25) is 0 Å². The zero-order valence-corrected chi connectivity index (χ0v) is 16.4. The van der Waals surface area contributed by atoms with E-state index in [-0.39, 0.29) is 11.6 Å². The van der Waals surface area contributed by atoms with Gasteiger partial charge in [-0.05, 0) is 36.4 Å². The van der Waals surface area contributed by atoms with Crippen molar-refractivity contribution < 1.29 is 13.5 Å². The normalized spacial score (nSPS) is 11.2. The molecule has 3 heterocycles. The molecule has 3 aromatic heterocycles. The summed E-state index contributed by atoms with van der Waals surface area (Å²) in [6.07, 6.45) is 2.51.